The van der Waals surface area contributed by atoms with Crippen LogP contribution in [-0.2, 0) is 16.1 Å². The Labute approximate surface area is 123 Å². The Kier molecular flexibility index (Phi) is 6.81. The number of amides is 1. The van der Waals surface area contributed by atoms with Crippen molar-refractivity contribution >= 4 is 11.9 Å². The molecule has 1 amide bonds. The molecule has 0 fully saturated rings. The number of carboxylic acids is 1. The van der Waals surface area contributed by atoms with Crippen LogP contribution >= 0.6 is 0 Å². The summed E-state index contributed by atoms with van der Waals surface area (Å²) >= 11 is 0. The van der Waals surface area contributed by atoms with E-state index in [0.717, 1.165) is 18.4 Å². The fourth-order valence-electron chi connectivity index (χ4n) is 1.94. The molecule has 0 saturated heterocycles. The molecule has 0 aromatic heterocycles. The highest BCUT2D eigenvalue weighted by Crippen LogP contribution is 2.10. The van der Waals surface area contributed by atoms with Crippen molar-refractivity contribution < 1.29 is 19.1 Å². The van der Waals surface area contributed by atoms with Gasteiger partial charge in [-0.15, -0.1) is 0 Å². The fraction of sp³-hybridized carbons (Fsp3) is 0.467. The molecule has 3 N–H and O–H groups in total. The predicted molar refractivity (Wildman–Crippen MR) is 77.0 cm³/mol. The molecule has 116 valence electrons. The van der Waals surface area contributed by atoms with Crippen LogP contribution in [0.2, 0.25) is 0 Å². The van der Waals surface area contributed by atoms with Gasteiger partial charge < -0.3 is 15.7 Å². The number of hydrogen-bond acceptors (Lipinski definition) is 3. The first-order valence-electron chi connectivity index (χ1n) is 6.94. The quantitative estimate of drug-likeness (QED) is 0.765. The summed E-state index contributed by atoms with van der Waals surface area (Å²) < 4.78 is 12.9. The highest BCUT2D eigenvalue weighted by atomic mass is 19.1. The average Bonchev–Trinajstić information content (AvgIpc) is 2.44. The van der Waals surface area contributed by atoms with E-state index < -0.39 is 24.3 Å². The first-order valence-corrected chi connectivity index (χ1v) is 6.94. The van der Waals surface area contributed by atoms with Gasteiger partial charge >= 0.3 is 5.97 Å². The van der Waals surface area contributed by atoms with Gasteiger partial charge in [-0.1, -0.05) is 25.5 Å². The maximum Gasteiger partial charge on any atom is 0.305 e. The minimum atomic E-state index is -1.10. The number of nitrogens with zero attached hydrogens (tertiary/aromatic N) is 1. The maximum atomic E-state index is 12.9. The molecule has 1 aromatic carbocycles. The van der Waals surface area contributed by atoms with E-state index >= 15 is 0 Å². The fourth-order valence-corrected chi connectivity index (χ4v) is 1.94. The summed E-state index contributed by atoms with van der Waals surface area (Å²) in [7, 11) is 0. The number of aliphatic carboxylic acids is 1. The first kappa shape index (κ1) is 17.1. The van der Waals surface area contributed by atoms with Gasteiger partial charge in [-0.2, -0.15) is 0 Å². The highest BCUT2D eigenvalue weighted by Gasteiger charge is 2.23. The number of unbranched alkanes of at least 4 members (excludes halogenated alkanes) is 1. The van der Waals surface area contributed by atoms with Gasteiger partial charge in [-0.05, 0) is 24.1 Å². The Morgan fingerprint density at radius 3 is 2.48 bits per heavy atom. The van der Waals surface area contributed by atoms with Crippen LogP contribution in [-0.4, -0.2) is 34.5 Å². The lowest BCUT2D eigenvalue weighted by atomic mass is 10.1. The van der Waals surface area contributed by atoms with Gasteiger partial charge in [-0.3, -0.25) is 9.59 Å². The standard InChI is InChI=1S/C15H21FN2O3/c1-2-3-8-18(15(21)13(17)9-14(19)20)10-11-4-6-12(16)7-5-11/h4-7,13H,2-3,8-10,17H2,1H3,(H,19,20)/t13-/m0/s1. The molecule has 0 bridgehead atoms. The van der Waals surface area contributed by atoms with Crippen molar-refractivity contribution in [1.82, 2.24) is 4.90 Å². The minimum absolute atomic E-state index is 0.298. The minimum Gasteiger partial charge on any atom is -0.481 e. The van der Waals surface area contributed by atoms with Gasteiger partial charge in [0.25, 0.3) is 0 Å². The Hall–Kier alpha value is -1.95. The van der Waals surface area contributed by atoms with Gasteiger partial charge in [0.1, 0.15) is 5.82 Å². The molecule has 21 heavy (non-hydrogen) atoms. The van der Waals surface area contributed by atoms with Crippen LogP contribution in [0.25, 0.3) is 0 Å². The number of carbonyl (C=O) groups excluding carboxylic acids is 1. The third kappa shape index (κ3) is 5.91. The molecule has 0 radical (unpaired) electrons. The second-order valence-electron chi connectivity index (χ2n) is 4.94. The van der Waals surface area contributed by atoms with E-state index in [1.165, 1.54) is 17.0 Å². The third-order valence-electron chi connectivity index (χ3n) is 3.09. The topological polar surface area (TPSA) is 83.6 Å². The Bertz CT molecular complexity index is 476. The van der Waals surface area contributed by atoms with Crippen LogP contribution in [0, 0.1) is 5.82 Å². The van der Waals surface area contributed by atoms with Crippen molar-refractivity contribution in [3.8, 4) is 0 Å². The Balaban J connectivity index is 2.76. The van der Waals surface area contributed by atoms with E-state index in [2.05, 4.69) is 0 Å². The summed E-state index contributed by atoms with van der Waals surface area (Å²) in [4.78, 5) is 24.4. The van der Waals surface area contributed by atoms with E-state index in [1.54, 1.807) is 12.1 Å². The summed E-state index contributed by atoms with van der Waals surface area (Å²) in [5.74, 6) is -1.84. The van der Waals surface area contributed by atoms with Gasteiger partial charge in [0.2, 0.25) is 5.91 Å². The first-order chi connectivity index (χ1) is 9.93. The smallest absolute Gasteiger partial charge is 0.305 e. The molecule has 1 rings (SSSR count). The lowest BCUT2D eigenvalue weighted by Gasteiger charge is -2.25. The highest BCUT2D eigenvalue weighted by molar-refractivity contribution is 5.85. The van der Waals surface area contributed by atoms with E-state index in [4.69, 9.17) is 10.8 Å². The lowest BCUT2D eigenvalue weighted by Crippen LogP contribution is -2.44. The van der Waals surface area contributed by atoms with Gasteiger partial charge in [0, 0.05) is 13.1 Å². The van der Waals surface area contributed by atoms with E-state index in [-0.39, 0.29) is 5.82 Å². The number of carbonyl (C=O) groups is 2. The van der Waals surface area contributed by atoms with Crippen molar-refractivity contribution in [3.05, 3.63) is 35.6 Å². The van der Waals surface area contributed by atoms with E-state index in [1.807, 2.05) is 6.92 Å². The molecule has 6 heteroatoms. The molecule has 0 aliphatic rings. The summed E-state index contributed by atoms with van der Waals surface area (Å²) in [6.45, 7) is 2.80. The number of rotatable bonds is 8. The zero-order valence-corrected chi connectivity index (χ0v) is 12.1. The third-order valence-corrected chi connectivity index (χ3v) is 3.09. The lowest BCUT2D eigenvalue weighted by molar-refractivity contribution is -0.142. The van der Waals surface area contributed by atoms with Crippen LogP contribution in [0.5, 0.6) is 0 Å². The normalized spacial score (nSPS) is 12.0. The molecule has 0 unspecified atom stereocenters. The SMILES string of the molecule is CCCCN(Cc1ccc(F)cc1)C(=O)[C@@H](N)CC(=O)O. The molecule has 0 aliphatic heterocycles. The van der Waals surface area contributed by atoms with Crippen molar-refractivity contribution in [2.45, 2.75) is 38.8 Å². The summed E-state index contributed by atoms with van der Waals surface area (Å²) in [5, 5.41) is 8.72. The second kappa shape index (κ2) is 8.36. The van der Waals surface area contributed by atoms with Gasteiger partial charge in [-0.25, -0.2) is 4.39 Å². The number of nitrogens with two attached hydrogens (primary N) is 1. The largest absolute Gasteiger partial charge is 0.481 e. The van der Waals surface area contributed by atoms with Crippen molar-refractivity contribution in [2.24, 2.45) is 5.73 Å². The number of halogens is 1. The van der Waals surface area contributed by atoms with Crippen molar-refractivity contribution in [3.63, 3.8) is 0 Å². The molecular weight excluding hydrogens is 275 g/mol. The Morgan fingerprint density at radius 1 is 1.33 bits per heavy atom. The van der Waals surface area contributed by atoms with Crippen molar-refractivity contribution in [1.29, 1.82) is 0 Å². The number of hydrogen-bond donors (Lipinski definition) is 2. The van der Waals surface area contributed by atoms with Crippen LogP contribution in [0.15, 0.2) is 24.3 Å². The summed E-state index contributed by atoms with van der Waals surface area (Å²) in [6, 6.07) is 4.80. The van der Waals surface area contributed by atoms with Gasteiger partial charge in [0.15, 0.2) is 0 Å². The predicted octanol–water partition coefficient (Wildman–Crippen LogP) is 1.76. The van der Waals surface area contributed by atoms with Gasteiger partial charge in [0.05, 0.1) is 12.5 Å². The summed E-state index contributed by atoms with van der Waals surface area (Å²) in [6.07, 6.45) is 1.30. The monoisotopic (exact) mass is 296 g/mol. The zero-order valence-electron chi connectivity index (χ0n) is 12.1. The van der Waals surface area contributed by atoms with Crippen molar-refractivity contribution in [2.75, 3.05) is 6.54 Å². The molecule has 0 saturated carbocycles. The molecule has 0 aliphatic carbocycles. The number of carboxylic acid groups (broad SMARTS) is 1. The Morgan fingerprint density at radius 2 is 1.95 bits per heavy atom. The average molecular weight is 296 g/mol. The number of benzene rings is 1. The molecular formula is C15H21FN2O3. The van der Waals surface area contributed by atoms with Crippen LogP contribution in [0.1, 0.15) is 31.7 Å². The van der Waals surface area contributed by atoms with Crippen LogP contribution in [0.4, 0.5) is 4.39 Å². The van der Waals surface area contributed by atoms with Crippen LogP contribution in [0.3, 0.4) is 0 Å². The molecule has 0 heterocycles. The van der Waals surface area contributed by atoms with E-state index in [9.17, 15) is 14.0 Å². The summed E-state index contributed by atoms with van der Waals surface area (Å²) in [5.41, 5.74) is 6.42. The molecule has 1 atom stereocenters. The second-order valence-corrected chi connectivity index (χ2v) is 4.94. The van der Waals surface area contributed by atoms with Crippen LogP contribution < -0.4 is 5.73 Å². The zero-order chi connectivity index (χ0) is 15.8. The molecule has 0 spiro atoms. The maximum absolute atomic E-state index is 12.9. The van der Waals surface area contributed by atoms with E-state index in [0.29, 0.717) is 13.1 Å². The molecule has 5 nitrogen and oxygen atoms in total. The molecule has 1 aromatic rings.